The number of nitrogens with one attached hydrogen (secondary N) is 1. The van der Waals surface area contributed by atoms with E-state index in [0.717, 1.165) is 11.4 Å². The molecule has 2 nitrogen and oxygen atoms in total. The number of hydrogen-bond donors (Lipinski definition) is 1. The van der Waals surface area contributed by atoms with Crippen LogP contribution in [0, 0.1) is 13.8 Å². The van der Waals surface area contributed by atoms with Crippen molar-refractivity contribution in [2.24, 2.45) is 0 Å². The van der Waals surface area contributed by atoms with Gasteiger partial charge in [0.1, 0.15) is 0 Å². The summed E-state index contributed by atoms with van der Waals surface area (Å²) in [5.41, 5.74) is 3.41. The van der Waals surface area contributed by atoms with Crippen LogP contribution in [-0.4, -0.2) is 12.0 Å². The molecule has 54 valence electrons. The molecule has 0 atom stereocenters. The predicted octanol–water partition coefficient (Wildman–Crippen LogP) is 1.74. The minimum Gasteiger partial charge on any atom is -0.387 e. The summed E-state index contributed by atoms with van der Waals surface area (Å²) in [4.78, 5) is 4.15. The van der Waals surface area contributed by atoms with Gasteiger partial charge in [-0.25, -0.2) is 0 Å². The first-order valence-corrected chi connectivity index (χ1v) is 3.35. The molecule has 1 rings (SSSR count). The van der Waals surface area contributed by atoms with Gasteiger partial charge in [-0.1, -0.05) is 0 Å². The average molecular weight is 136 g/mol. The topological polar surface area (TPSA) is 24.9 Å². The molecule has 0 aliphatic carbocycles. The van der Waals surface area contributed by atoms with E-state index in [4.69, 9.17) is 0 Å². The molecule has 1 N–H and O–H groups in total. The molecule has 0 saturated carbocycles. The maximum atomic E-state index is 4.15. The molecule has 1 aromatic heterocycles. The lowest BCUT2D eigenvalue weighted by molar-refractivity contribution is 1.17. The standard InChI is InChI=1S/C8H12N2/c1-6-4-7(2)10-5-8(6)9-3/h4-5,9H,1-3H3. The van der Waals surface area contributed by atoms with Crippen LogP contribution in [0.3, 0.4) is 0 Å². The second-order valence-electron chi connectivity index (χ2n) is 2.39. The summed E-state index contributed by atoms with van der Waals surface area (Å²) in [5, 5.41) is 3.06. The summed E-state index contributed by atoms with van der Waals surface area (Å²) in [6, 6.07) is 2.06. The Labute approximate surface area is 61.3 Å². The zero-order valence-corrected chi connectivity index (χ0v) is 6.60. The largest absolute Gasteiger partial charge is 0.387 e. The van der Waals surface area contributed by atoms with Gasteiger partial charge in [0.05, 0.1) is 11.9 Å². The average Bonchev–Trinajstić information content (AvgIpc) is 1.88. The number of aryl methyl sites for hydroxylation is 2. The number of pyridine rings is 1. The minimum atomic E-state index is 1.07. The Kier molecular flexibility index (Phi) is 1.90. The van der Waals surface area contributed by atoms with E-state index in [1.165, 1.54) is 5.56 Å². The van der Waals surface area contributed by atoms with Crippen LogP contribution in [0.5, 0.6) is 0 Å². The number of nitrogens with zero attached hydrogens (tertiary/aromatic N) is 1. The van der Waals surface area contributed by atoms with Gasteiger partial charge in [-0.2, -0.15) is 0 Å². The van der Waals surface area contributed by atoms with Gasteiger partial charge in [0.2, 0.25) is 0 Å². The van der Waals surface area contributed by atoms with Crippen molar-refractivity contribution in [1.29, 1.82) is 0 Å². The van der Waals surface area contributed by atoms with Gasteiger partial charge in [-0.05, 0) is 25.5 Å². The van der Waals surface area contributed by atoms with Crippen LogP contribution in [0.15, 0.2) is 12.3 Å². The molecule has 0 aliphatic heterocycles. The second-order valence-corrected chi connectivity index (χ2v) is 2.39. The molecular formula is C8H12N2. The zero-order chi connectivity index (χ0) is 7.56. The smallest absolute Gasteiger partial charge is 0.0554 e. The quantitative estimate of drug-likeness (QED) is 0.636. The molecule has 0 fully saturated rings. The van der Waals surface area contributed by atoms with E-state index in [1.807, 2.05) is 20.2 Å². The Morgan fingerprint density at radius 1 is 1.40 bits per heavy atom. The Balaban J connectivity index is 3.07. The van der Waals surface area contributed by atoms with Crippen molar-refractivity contribution in [3.8, 4) is 0 Å². The van der Waals surface area contributed by atoms with Crippen LogP contribution in [-0.2, 0) is 0 Å². The number of hydrogen-bond acceptors (Lipinski definition) is 2. The molecule has 0 radical (unpaired) electrons. The van der Waals surface area contributed by atoms with E-state index in [0.29, 0.717) is 0 Å². The first-order valence-electron chi connectivity index (χ1n) is 3.35. The maximum absolute atomic E-state index is 4.15. The van der Waals surface area contributed by atoms with E-state index in [1.54, 1.807) is 0 Å². The Morgan fingerprint density at radius 3 is 2.60 bits per heavy atom. The molecule has 10 heavy (non-hydrogen) atoms. The van der Waals surface area contributed by atoms with Crippen LogP contribution in [0.25, 0.3) is 0 Å². The van der Waals surface area contributed by atoms with Crippen LogP contribution in [0.2, 0.25) is 0 Å². The highest BCUT2D eigenvalue weighted by Crippen LogP contribution is 2.11. The highest BCUT2D eigenvalue weighted by atomic mass is 14.8. The Morgan fingerprint density at radius 2 is 2.10 bits per heavy atom. The van der Waals surface area contributed by atoms with Crippen molar-refractivity contribution in [3.05, 3.63) is 23.5 Å². The predicted molar refractivity (Wildman–Crippen MR) is 43.3 cm³/mol. The highest BCUT2D eigenvalue weighted by molar-refractivity contribution is 5.48. The van der Waals surface area contributed by atoms with E-state index >= 15 is 0 Å². The number of anilines is 1. The first-order chi connectivity index (χ1) is 4.74. The lowest BCUT2D eigenvalue weighted by atomic mass is 10.2. The van der Waals surface area contributed by atoms with E-state index in [9.17, 15) is 0 Å². The van der Waals surface area contributed by atoms with Gasteiger partial charge in [-0.3, -0.25) is 4.98 Å². The molecule has 0 aliphatic rings. The van der Waals surface area contributed by atoms with Gasteiger partial charge in [0, 0.05) is 12.7 Å². The normalized spacial score (nSPS) is 9.50. The van der Waals surface area contributed by atoms with E-state index < -0.39 is 0 Å². The SMILES string of the molecule is CNc1cnc(C)cc1C. The van der Waals surface area contributed by atoms with Gasteiger partial charge in [-0.15, -0.1) is 0 Å². The number of rotatable bonds is 1. The summed E-state index contributed by atoms with van der Waals surface area (Å²) in [7, 11) is 1.90. The summed E-state index contributed by atoms with van der Waals surface area (Å²) in [6.07, 6.45) is 1.85. The molecule has 0 unspecified atom stereocenters. The van der Waals surface area contributed by atoms with Crippen LogP contribution in [0.1, 0.15) is 11.3 Å². The summed E-state index contributed by atoms with van der Waals surface area (Å²) >= 11 is 0. The van der Waals surface area contributed by atoms with Crippen molar-refractivity contribution in [2.75, 3.05) is 12.4 Å². The minimum absolute atomic E-state index is 1.07. The lowest BCUT2D eigenvalue weighted by Crippen LogP contribution is -1.93. The van der Waals surface area contributed by atoms with Gasteiger partial charge in [0.25, 0.3) is 0 Å². The van der Waals surface area contributed by atoms with Crippen LogP contribution < -0.4 is 5.32 Å². The molecule has 0 amide bonds. The Hall–Kier alpha value is -1.05. The third kappa shape index (κ3) is 1.26. The van der Waals surface area contributed by atoms with Crippen molar-refractivity contribution >= 4 is 5.69 Å². The van der Waals surface area contributed by atoms with Crippen LogP contribution >= 0.6 is 0 Å². The monoisotopic (exact) mass is 136 g/mol. The number of aromatic nitrogens is 1. The zero-order valence-electron chi connectivity index (χ0n) is 6.60. The van der Waals surface area contributed by atoms with E-state index in [2.05, 4.69) is 23.3 Å². The lowest BCUT2D eigenvalue weighted by Gasteiger charge is -2.03. The summed E-state index contributed by atoms with van der Waals surface area (Å²) in [6.45, 7) is 4.06. The fourth-order valence-corrected chi connectivity index (χ4v) is 0.958. The molecule has 1 heterocycles. The van der Waals surface area contributed by atoms with Gasteiger partial charge < -0.3 is 5.32 Å². The molecule has 0 bridgehead atoms. The maximum Gasteiger partial charge on any atom is 0.0554 e. The first kappa shape index (κ1) is 7.06. The Bertz CT molecular complexity index is 231. The molecular weight excluding hydrogens is 124 g/mol. The molecule has 0 saturated heterocycles. The van der Waals surface area contributed by atoms with Crippen molar-refractivity contribution in [2.45, 2.75) is 13.8 Å². The van der Waals surface area contributed by atoms with E-state index in [-0.39, 0.29) is 0 Å². The van der Waals surface area contributed by atoms with Crippen molar-refractivity contribution < 1.29 is 0 Å². The third-order valence-corrected chi connectivity index (χ3v) is 1.52. The highest BCUT2D eigenvalue weighted by Gasteiger charge is 1.93. The van der Waals surface area contributed by atoms with Gasteiger partial charge in [0.15, 0.2) is 0 Å². The second kappa shape index (κ2) is 2.69. The third-order valence-electron chi connectivity index (χ3n) is 1.52. The van der Waals surface area contributed by atoms with Crippen molar-refractivity contribution in [3.63, 3.8) is 0 Å². The molecule has 1 aromatic rings. The fourth-order valence-electron chi connectivity index (χ4n) is 0.958. The molecule has 0 aromatic carbocycles. The van der Waals surface area contributed by atoms with Crippen molar-refractivity contribution in [1.82, 2.24) is 4.98 Å². The fraction of sp³-hybridized carbons (Fsp3) is 0.375. The molecule has 0 spiro atoms. The molecule has 2 heteroatoms. The summed E-state index contributed by atoms with van der Waals surface area (Å²) in [5.74, 6) is 0. The summed E-state index contributed by atoms with van der Waals surface area (Å²) < 4.78 is 0. The van der Waals surface area contributed by atoms with Crippen LogP contribution in [0.4, 0.5) is 5.69 Å². The van der Waals surface area contributed by atoms with Gasteiger partial charge >= 0.3 is 0 Å².